The van der Waals surface area contributed by atoms with Crippen molar-refractivity contribution in [1.82, 2.24) is 0 Å². The molecule has 0 atom stereocenters. The molecule has 0 aromatic heterocycles. The number of anilines is 1. The maximum atomic E-state index is 12.3. The number of halogens is 2. The summed E-state index contributed by atoms with van der Waals surface area (Å²) in [5.41, 5.74) is 0.419. The Labute approximate surface area is 162 Å². The van der Waals surface area contributed by atoms with Crippen molar-refractivity contribution in [1.29, 1.82) is 5.26 Å². The Morgan fingerprint density at radius 2 is 2.12 bits per heavy atom. The zero-order chi connectivity index (χ0) is 19.3. The highest BCUT2D eigenvalue weighted by molar-refractivity contribution is 9.10. The second-order valence-corrected chi connectivity index (χ2v) is 6.20. The predicted molar refractivity (Wildman–Crippen MR) is 101 cm³/mol. The van der Waals surface area contributed by atoms with E-state index in [4.69, 9.17) is 16.3 Å². The van der Waals surface area contributed by atoms with E-state index in [0.717, 1.165) is 6.07 Å². The molecule has 2 aromatic rings. The number of nitro benzene ring substituents is 1. The number of nitrogens with one attached hydrogen (secondary N) is 1. The Bertz CT molecular complexity index is 954. The van der Waals surface area contributed by atoms with Crippen LogP contribution in [0.3, 0.4) is 0 Å². The summed E-state index contributed by atoms with van der Waals surface area (Å²) in [6.45, 7) is 0. The van der Waals surface area contributed by atoms with E-state index >= 15 is 0 Å². The minimum atomic E-state index is -0.685. The maximum Gasteiger partial charge on any atom is 0.271 e. The topological polar surface area (TPSA) is 105 Å². The van der Waals surface area contributed by atoms with Crippen molar-refractivity contribution in [2.45, 2.75) is 0 Å². The van der Waals surface area contributed by atoms with Gasteiger partial charge >= 0.3 is 0 Å². The molecule has 2 aromatic carbocycles. The first-order chi connectivity index (χ1) is 12.3. The summed E-state index contributed by atoms with van der Waals surface area (Å²) in [6.07, 6.45) is 1.40. The molecule has 0 spiro atoms. The van der Waals surface area contributed by atoms with Crippen LogP contribution < -0.4 is 10.1 Å². The molecule has 0 saturated heterocycles. The van der Waals surface area contributed by atoms with Crippen LogP contribution in [0.4, 0.5) is 11.4 Å². The molecule has 9 heteroatoms. The number of rotatable bonds is 5. The van der Waals surface area contributed by atoms with Gasteiger partial charge in [0.1, 0.15) is 17.4 Å². The van der Waals surface area contributed by atoms with Crippen LogP contribution in [0.15, 0.2) is 46.4 Å². The zero-order valence-corrected chi connectivity index (χ0v) is 15.7. The molecule has 0 radical (unpaired) electrons. The minimum Gasteiger partial charge on any atom is -0.496 e. The minimum absolute atomic E-state index is 0.00275. The summed E-state index contributed by atoms with van der Waals surface area (Å²) in [4.78, 5) is 22.4. The van der Waals surface area contributed by atoms with Crippen LogP contribution in [0.1, 0.15) is 5.56 Å². The fourth-order valence-electron chi connectivity index (χ4n) is 2.00. The second kappa shape index (κ2) is 8.47. The average Bonchev–Trinajstić information content (AvgIpc) is 2.61. The largest absolute Gasteiger partial charge is 0.496 e. The zero-order valence-electron chi connectivity index (χ0n) is 13.3. The highest BCUT2D eigenvalue weighted by Crippen LogP contribution is 2.28. The molecule has 1 N–H and O–H groups in total. The van der Waals surface area contributed by atoms with Gasteiger partial charge in [0.25, 0.3) is 11.6 Å². The average molecular weight is 437 g/mol. The molecule has 0 bridgehead atoms. The number of carbonyl (C=O) groups is 1. The summed E-state index contributed by atoms with van der Waals surface area (Å²) < 4.78 is 5.79. The van der Waals surface area contributed by atoms with Crippen LogP contribution >= 0.6 is 27.5 Å². The lowest BCUT2D eigenvalue weighted by Crippen LogP contribution is -2.13. The van der Waals surface area contributed by atoms with E-state index in [-0.39, 0.29) is 22.0 Å². The number of benzene rings is 2. The van der Waals surface area contributed by atoms with Gasteiger partial charge in [0, 0.05) is 12.1 Å². The summed E-state index contributed by atoms with van der Waals surface area (Å²) in [5.74, 6) is -0.0713. The van der Waals surface area contributed by atoms with E-state index in [0.29, 0.717) is 15.8 Å². The molecule has 132 valence electrons. The molecule has 0 unspecified atom stereocenters. The summed E-state index contributed by atoms with van der Waals surface area (Å²) in [6, 6.07) is 10.5. The molecular weight excluding hydrogens is 426 g/mol. The van der Waals surface area contributed by atoms with Gasteiger partial charge in [0.05, 0.1) is 27.2 Å². The number of carbonyl (C=O) groups excluding carboxylic acids is 1. The predicted octanol–water partition coefficient (Wildman–Crippen LogP) is 4.56. The van der Waals surface area contributed by atoms with Gasteiger partial charge in [-0.3, -0.25) is 14.9 Å². The third kappa shape index (κ3) is 4.59. The molecule has 0 aliphatic rings. The lowest BCUT2D eigenvalue weighted by Gasteiger charge is -2.07. The van der Waals surface area contributed by atoms with E-state index in [1.54, 1.807) is 18.2 Å². The fraction of sp³-hybridized carbons (Fsp3) is 0.0588. The van der Waals surface area contributed by atoms with Gasteiger partial charge in [0.15, 0.2) is 0 Å². The molecule has 2 rings (SSSR count). The van der Waals surface area contributed by atoms with Crippen molar-refractivity contribution < 1.29 is 14.5 Å². The molecule has 0 fully saturated rings. The number of non-ortho nitro benzene ring substituents is 1. The quantitative estimate of drug-likeness (QED) is 0.320. The molecule has 26 heavy (non-hydrogen) atoms. The van der Waals surface area contributed by atoms with Crippen molar-refractivity contribution in [3.8, 4) is 11.8 Å². The number of amides is 1. The van der Waals surface area contributed by atoms with Crippen molar-refractivity contribution in [3.63, 3.8) is 0 Å². The van der Waals surface area contributed by atoms with Gasteiger partial charge in [-0.25, -0.2) is 0 Å². The first-order valence-electron chi connectivity index (χ1n) is 7.06. The number of methoxy groups -OCH3 is 1. The van der Waals surface area contributed by atoms with Crippen LogP contribution in [0.2, 0.25) is 5.02 Å². The summed E-state index contributed by atoms with van der Waals surface area (Å²) in [7, 11) is 1.53. The number of nitro groups is 1. The van der Waals surface area contributed by atoms with E-state index in [1.165, 1.54) is 25.3 Å². The first-order valence-corrected chi connectivity index (χ1v) is 8.23. The third-order valence-corrected chi connectivity index (χ3v) is 4.20. The number of hydrogen-bond acceptors (Lipinski definition) is 5. The van der Waals surface area contributed by atoms with Crippen LogP contribution in [0.5, 0.6) is 5.75 Å². The molecule has 0 aliphatic carbocycles. The SMILES string of the molecule is COc1ccc(/C=C(\C#N)C(=O)Nc2ccc([N+](=O)[O-])cc2Cl)cc1Br. The Morgan fingerprint density at radius 1 is 1.38 bits per heavy atom. The standard InChI is InChI=1S/C17H11BrClN3O4/c1-26-16-5-2-10(7-13(16)18)6-11(9-20)17(23)21-15-4-3-12(22(24)25)8-14(15)19/h2-8H,1H3,(H,21,23)/b11-6+. The Kier molecular flexibility index (Phi) is 6.33. The highest BCUT2D eigenvalue weighted by Gasteiger charge is 2.14. The second-order valence-electron chi connectivity index (χ2n) is 4.94. The van der Waals surface area contributed by atoms with Crippen molar-refractivity contribution >= 4 is 50.9 Å². The number of nitrogens with zero attached hydrogens (tertiary/aromatic N) is 2. The normalized spacial score (nSPS) is 10.8. The van der Waals surface area contributed by atoms with Crippen molar-refractivity contribution in [3.05, 3.63) is 67.1 Å². The molecule has 1 amide bonds. The van der Waals surface area contributed by atoms with Crippen LogP contribution in [-0.2, 0) is 4.79 Å². The summed E-state index contributed by atoms with van der Waals surface area (Å²) in [5, 5.41) is 22.4. The Hall–Kier alpha value is -2.89. The van der Waals surface area contributed by atoms with E-state index < -0.39 is 10.8 Å². The van der Waals surface area contributed by atoms with Gasteiger partial charge in [-0.1, -0.05) is 17.7 Å². The molecule has 0 saturated carbocycles. The molecule has 0 aliphatic heterocycles. The Morgan fingerprint density at radius 3 is 2.65 bits per heavy atom. The Balaban J connectivity index is 2.25. The molecule has 7 nitrogen and oxygen atoms in total. The lowest BCUT2D eigenvalue weighted by atomic mass is 10.1. The monoisotopic (exact) mass is 435 g/mol. The molecule has 0 heterocycles. The fourth-order valence-corrected chi connectivity index (χ4v) is 2.78. The van der Waals surface area contributed by atoms with E-state index in [1.807, 2.05) is 6.07 Å². The van der Waals surface area contributed by atoms with Crippen molar-refractivity contribution in [2.75, 3.05) is 12.4 Å². The third-order valence-electron chi connectivity index (χ3n) is 3.26. The van der Waals surface area contributed by atoms with Crippen LogP contribution in [-0.4, -0.2) is 17.9 Å². The lowest BCUT2D eigenvalue weighted by molar-refractivity contribution is -0.384. The smallest absolute Gasteiger partial charge is 0.271 e. The van der Waals surface area contributed by atoms with Gasteiger partial charge < -0.3 is 10.1 Å². The first kappa shape index (κ1) is 19.4. The summed E-state index contributed by atoms with van der Waals surface area (Å²) >= 11 is 9.27. The van der Waals surface area contributed by atoms with Crippen molar-refractivity contribution in [2.24, 2.45) is 0 Å². The van der Waals surface area contributed by atoms with Gasteiger partial charge in [-0.2, -0.15) is 5.26 Å². The molecular formula is C17H11BrClN3O4. The maximum absolute atomic E-state index is 12.3. The number of ether oxygens (including phenoxy) is 1. The van der Waals surface area contributed by atoms with E-state index in [9.17, 15) is 20.2 Å². The number of hydrogen-bond donors (Lipinski definition) is 1. The van der Waals surface area contributed by atoms with Gasteiger partial charge in [-0.05, 0) is 45.8 Å². The van der Waals surface area contributed by atoms with E-state index in [2.05, 4.69) is 21.2 Å². The highest BCUT2D eigenvalue weighted by atomic mass is 79.9. The van der Waals surface area contributed by atoms with Gasteiger partial charge in [-0.15, -0.1) is 0 Å². The van der Waals surface area contributed by atoms with Gasteiger partial charge in [0.2, 0.25) is 0 Å². The number of nitriles is 1. The van der Waals surface area contributed by atoms with Crippen LogP contribution in [0, 0.1) is 21.4 Å². The van der Waals surface area contributed by atoms with Crippen LogP contribution in [0.25, 0.3) is 6.08 Å².